The van der Waals surface area contributed by atoms with Crippen molar-refractivity contribution < 1.29 is 4.84 Å². The summed E-state index contributed by atoms with van der Waals surface area (Å²) in [5, 5.41) is 12.6. The summed E-state index contributed by atoms with van der Waals surface area (Å²) in [4.78, 5) is 24.8. The van der Waals surface area contributed by atoms with E-state index < -0.39 is 11.6 Å². The van der Waals surface area contributed by atoms with Gasteiger partial charge in [0.2, 0.25) is 5.79 Å². The number of aromatic nitrogens is 4. The average Bonchev–Trinajstić information content (AvgIpc) is 3.17. The summed E-state index contributed by atoms with van der Waals surface area (Å²) >= 11 is 0. The first kappa shape index (κ1) is 35.7. The third-order valence-corrected chi connectivity index (χ3v) is 8.14. The molecule has 0 aliphatic carbocycles. The molecule has 0 fully saturated rings. The number of rotatable bonds is 17. The van der Waals surface area contributed by atoms with Gasteiger partial charge in [-0.05, 0) is 79.6 Å². The summed E-state index contributed by atoms with van der Waals surface area (Å²) in [6, 6.07) is 34.4. The summed E-state index contributed by atoms with van der Waals surface area (Å²) in [5.41, 5.74) is 26.0. The van der Waals surface area contributed by atoms with Gasteiger partial charge in [0.1, 0.15) is 11.6 Å². The molecule has 0 spiro atoms. The molecule has 13 heteroatoms. The summed E-state index contributed by atoms with van der Waals surface area (Å²) in [5.74, 6) is -2.76. The van der Waals surface area contributed by atoms with Crippen LogP contribution in [0.15, 0.2) is 146 Å². The van der Waals surface area contributed by atoms with E-state index in [2.05, 4.69) is 46.8 Å². The molecule has 0 radical (unpaired) electrons. The number of anilines is 5. The fourth-order valence-electron chi connectivity index (χ4n) is 5.66. The van der Waals surface area contributed by atoms with Crippen molar-refractivity contribution in [1.29, 1.82) is 0 Å². The Balaban J connectivity index is 1.62. The monoisotopic (exact) mass is 696 g/mol. The first-order valence-electron chi connectivity index (χ1n) is 17.0. The van der Waals surface area contributed by atoms with Crippen LogP contribution in [0.3, 0.4) is 0 Å². The lowest BCUT2D eigenvalue weighted by atomic mass is 10.0. The smallest absolute Gasteiger partial charge is 0.308 e. The van der Waals surface area contributed by atoms with Crippen LogP contribution in [0, 0.1) is 0 Å². The molecule has 52 heavy (non-hydrogen) atoms. The van der Waals surface area contributed by atoms with Gasteiger partial charge in [0.25, 0.3) is 0 Å². The van der Waals surface area contributed by atoms with Crippen LogP contribution >= 0.6 is 0 Å². The average molecular weight is 697 g/mol. The molecule has 2 aromatic carbocycles. The quantitative estimate of drug-likeness (QED) is 0.0472. The van der Waals surface area contributed by atoms with Gasteiger partial charge in [-0.25, -0.2) is 20.2 Å². The van der Waals surface area contributed by atoms with Gasteiger partial charge >= 0.3 is 5.85 Å². The highest BCUT2D eigenvalue weighted by atomic mass is 16.7. The lowest BCUT2D eigenvalue weighted by molar-refractivity contribution is -0.0650. The molecular formula is C39H44N12O. The zero-order valence-electron chi connectivity index (χ0n) is 29.1. The maximum atomic E-state index is 7.78. The summed E-state index contributed by atoms with van der Waals surface area (Å²) < 4.78 is 0. The van der Waals surface area contributed by atoms with Crippen molar-refractivity contribution in [2.24, 2.45) is 5.73 Å². The maximum Gasteiger partial charge on any atom is 0.308 e. The Bertz CT molecular complexity index is 1960. The highest BCUT2D eigenvalue weighted by Crippen LogP contribution is 2.37. The summed E-state index contributed by atoms with van der Waals surface area (Å²) in [6.45, 7) is 4.39. The number of hydrazine groups is 1. The van der Waals surface area contributed by atoms with Crippen LogP contribution in [0.5, 0.6) is 0 Å². The molecule has 2 unspecified atom stereocenters. The van der Waals surface area contributed by atoms with E-state index in [-0.39, 0.29) is 6.04 Å². The molecule has 2 atom stereocenters. The van der Waals surface area contributed by atoms with Gasteiger partial charge in [0.05, 0.1) is 23.3 Å². The van der Waals surface area contributed by atoms with Gasteiger partial charge in [0.15, 0.2) is 0 Å². The SMILES string of the molecule is CC(C)NN(c1ccnc(N)c1Cc1ccncc1)C(Nc1ccccn1)(ONc1ccccc1)C(N)(NCc1ccccc1)Nc1cccnc1. The maximum absolute atomic E-state index is 7.78. The number of nitrogens with two attached hydrogens (primary N) is 2. The molecule has 6 aromatic rings. The molecule has 9 N–H and O–H groups in total. The number of nitrogens with one attached hydrogen (secondary N) is 5. The molecule has 0 saturated heterocycles. The van der Waals surface area contributed by atoms with Gasteiger partial charge in [-0.2, -0.15) is 0 Å². The summed E-state index contributed by atoms with van der Waals surface area (Å²) in [7, 11) is 0. The van der Waals surface area contributed by atoms with Gasteiger partial charge in [0, 0.05) is 55.6 Å². The number of para-hydroxylation sites is 1. The Morgan fingerprint density at radius 2 is 1.44 bits per heavy atom. The van der Waals surface area contributed by atoms with Crippen molar-refractivity contribution in [3.63, 3.8) is 0 Å². The highest BCUT2D eigenvalue weighted by molar-refractivity contribution is 5.65. The molecule has 13 nitrogen and oxygen atoms in total. The zero-order chi connectivity index (χ0) is 36.2. The fraction of sp³-hybridized carbons (Fsp3) is 0.179. The third-order valence-electron chi connectivity index (χ3n) is 8.14. The Morgan fingerprint density at radius 3 is 2.13 bits per heavy atom. The van der Waals surface area contributed by atoms with Crippen LogP contribution in [-0.4, -0.2) is 37.6 Å². The van der Waals surface area contributed by atoms with E-state index in [1.165, 1.54) is 0 Å². The molecule has 0 aliphatic rings. The fourth-order valence-corrected chi connectivity index (χ4v) is 5.66. The Labute approximate surface area is 303 Å². The minimum Gasteiger partial charge on any atom is -0.383 e. The second-order valence-electron chi connectivity index (χ2n) is 12.4. The molecule has 0 saturated carbocycles. The minimum atomic E-state index is -1.84. The molecule has 266 valence electrons. The van der Waals surface area contributed by atoms with E-state index in [4.69, 9.17) is 16.3 Å². The number of benzene rings is 2. The van der Waals surface area contributed by atoms with Crippen LogP contribution in [0.4, 0.5) is 28.7 Å². The van der Waals surface area contributed by atoms with Gasteiger partial charge in [-0.3, -0.25) is 31.5 Å². The lowest BCUT2D eigenvalue weighted by Crippen LogP contribution is -2.85. The Hall–Kier alpha value is -6.12. The predicted octanol–water partition coefficient (Wildman–Crippen LogP) is 5.48. The molecule has 4 heterocycles. The predicted molar refractivity (Wildman–Crippen MR) is 206 cm³/mol. The zero-order valence-corrected chi connectivity index (χ0v) is 29.1. The second-order valence-corrected chi connectivity index (χ2v) is 12.4. The van der Waals surface area contributed by atoms with Crippen LogP contribution < -0.4 is 43.3 Å². The largest absolute Gasteiger partial charge is 0.383 e. The van der Waals surface area contributed by atoms with Crippen molar-refractivity contribution in [3.05, 3.63) is 163 Å². The lowest BCUT2D eigenvalue weighted by Gasteiger charge is -2.54. The number of nitrogens with zero attached hydrogens (tertiary/aromatic N) is 5. The number of pyridine rings is 4. The van der Waals surface area contributed by atoms with Crippen molar-refractivity contribution >= 4 is 28.7 Å². The van der Waals surface area contributed by atoms with E-state index in [0.29, 0.717) is 41.7 Å². The van der Waals surface area contributed by atoms with Crippen molar-refractivity contribution in [2.75, 3.05) is 26.9 Å². The van der Waals surface area contributed by atoms with Gasteiger partial charge in [-0.15, -0.1) is 0 Å². The minimum absolute atomic E-state index is 0.148. The molecule has 4 aromatic heterocycles. The van der Waals surface area contributed by atoms with Crippen LogP contribution in [0.1, 0.15) is 30.5 Å². The molecule has 0 aliphatic heterocycles. The number of hydrogen-bond donors (Lipinski definition) is 7. The summed E-state index contributed by atoms with van der Waals surface area (Å²) in [6.07, 6.45) is 10.7. The van der Waals surface area contributed by atoms with E-state index in [1.807, 2.05) is 128 Å². The third kappa shape index (κ3) is 8.60. The molecular weight excluding hydrogens is 653 g/mol. The normalized spacial score (nSPS) is 13.5. The van der Waals surface area contributed by atoms with E-state index >= 15 is 0 Å². The van der Waals surface area contributed by atoms with Crippen LogP contribution in [-0.2, 0) is 17.8 Å². The van der Waals surface area contributed by atoms with E-state index in [1.54, 1.807) is 37.2 Å². The van der Waals surface area contributed by atoms with Crippen LogP contribution in [0.25, 0.3) is 0 Å². The van der Waals surface area contributed by atoms with E-state index in [0.717, 1.165) is 16.7 Å². The topological polar surface area (TPSA) is 176 Å². The molecule has 0 amide bonds. The number of hydrogen-bond acceptors (Lipinski definition) is 13. The molecule has 6 rings (SSSR count). The first-order chi connectivity index (χ1) is 25.3. The van der Waals surface area contributed by atoms with E-state index in [9.17, 15) is 0 Å². The molecule has 0 bridgehead atoms. The highest BCUT2D eigenvalue weighted by Gasteiger charge is 2.58. The Kier molecular flexibility index (Phi) is 11.5. The van der Waals surface area contributed by atoms with Crippen molar-refractivity contribution in [3.8, 4) is 0 Å². The van der Waals surface area contributed by atoms with Gasteiger partial charge in [-0.1, -0.05) is 54.6 Å². The Morgan fingerprint density at radius 1 is 0.712 bits per heavy atom. The van der Waals surface area contributed by atoms with Gasteiger partial charge < -0.3 is 16.4 Å². The number of nitrogen functional groups attached to an aromatic ring is 1. The first-order valence-corrected chi connectivity index (χ1v) is 17.0. The van der Waals surface area contributed by atoms with Crippen molar-refractivity contribution in [2.45, 2.75) is 44.5 Å². The van der Waals surface area contributed by atoms with Crippen LogP contribution in [0.2, 0.25) is 0 Å². The van der Waals surface area contributed by atoms with Crippen molar-refractivity contribution in [1.82, 2.24) is 30.7 Å². The standard InChI is InChI=1S/C39H44N12O/c1-29(2)49-51(35-20-25-45-37(40)34(35)26-30-18-23-42-24-19-30)39(48-36-17-9-10-22-44-36,52-50-32-14-7-4-8-15-32)38(41,47-33-16-11-21-43-28-33)46-27-31-12-5-3-6-13-31/h3-25,28-29,46-47,49-50H,26-27,41H2,1-2H3,(H2,40,45)(H,44,48). The second kappa shape index (κ2) is 16.7.